The van der Waals surface area contributed by atoms with Crippen LogP contribution < -0.4 is 5.32 Å². The average molecular weight is 464 g/mol. The van der Waals surface area contributed by atoms with Crippen LogP contribution in [0.1, 0.15) is 53.8 Å². The van der Waals surface area contributed by atoms with Crippen molar-refractivity contribution >= 4 is 17.5 Å². The lowest BCUT2D eigenvalue weighted by atomic mass is 9.73. The van der Waals surface area contributed by atoms with Crippen LogP contribution in [0.4, 0.5) is 0 Å². The van der Waals surface area contributed by atoms with Crippen LogP contribution in [-0.4, -0.2) is 40.6 Å². The molecule has 172 valence electrons. The van der Waals surface area contributed by atoms with E-state index in [0.717, 1.165) is 32.1 Å². The van der Waals surface area contributed by atoms with Crippen molar-refractivity contribution in [3.8, 4) is 11.3 Å². The maximum atomic E-state index is 13.3. The Labute approximate surface area is 200 Å². The molecule has 3 aromatic rings. The minimum Gasteiger partial charge on any atom is -0.360 e. The molecule has 0 radical (unpaired) electrons. The first-order valence-electron chi connectivity index (χ1n) is 11.9. The summed E-state index contributed by atoms with van der Waals surface area (Å²) in [4.78, 5) is 16.0. The average Bonchev–Trinajstić information content (AvgIpc) is 3.16. The number of aryl methyl sites for hydroxylation is 1. The lowest BCUT2D eigenvalue weighted by molar-refractivity contribution is -0.00441. The molecule has 2 heterocycles. The van der Waals surface area contributed by atoms with Gasteiger partial charge in [0.05, 0.1) is 5.02 Å². The Bertz CT molecular complexity index is 1120. The Kier molecular flexibility index (Phi) is 6.26. The maximum Gasteiger partial charge on any atom is 0.257 e. The molecule has 1 aromatic heterocycles. The van der Waals surface area contributed by atoms with Crippen LogP contribution in [0.25, 0.3) is 11.3 Å². The van der Waals surface area contributed by atoms with E-state index in [2.05, 4.69) is 45.7 Å². The van der Waals surface area contributed by atoms with Crippen molar-refractivity contribution in [2.24, 2.45) is 0 Å². The van der Waals surface area contributed by atoms with Crippen LogP contribution in [0, 0.1) is 6.92 Å². The van der Waals surface area contributed by atoms with E-state index in [9.17, 15) is 4.79 Å². The summed E-state index contributed by atoms with van der Waals surface area (Å²) in [6.07, 6.45) is 6.49. The van der Waals surface area contributed by atoms with Gasteiger partial charge < -0.3 is 9.84 Å². The van der Waals surface area contributed by atoms with Crippen molar-refractivity contribution in [2.45, 2.75) is 57.0 Å². The smallest absolute Gasteiger partial charge is 0.257 e. The topological polar surface area (TPSA) is 58.4 Å². The summed E-state index contributed by atoms with van der Waals surface area (Å²) in [5, 5.41) is 7.97. The van der Waals surface area contributed by atoms with Crippen LogP contribution >= 0.6 is 11.6 Å². The molecule has 0 spiro atoms. The second-order valence-corrected chi connectivity index (χ2v) is 9.82. The largest absolute Gasteiger partial charge is 0.360 e. The molecule has 1 amide bonds. The van der Waals surface area contributed by atoms with E-state index in [1.807, 2.05) is 18.2 Å². The second kappa shape index (κ2) is 9.32. The lowest BCUT2D eigenvalue weighted by Gasteiger charge is -2.52. The number of hydrogen-bond donors (Lipinski definition) is 1. The van der Waals surface area contributed by atoms with Crippen molar-refractivity contribution in [2.75, 3.05) is 13.1 Å². The monoisotopic (exact) mass is 463 g/mol. The fraction of sp³-hybridized carbons (Fsp3) is 0.407. The molecule has 0 unspecified atom stereocenters. The van der Waals surface area contributed by atoms with E-state index in [0.29, 0.717) is 27.6 Å². The molecule has 33 heavy (non-hydrogen) atoms. The summed E-state index contributed by atoms with van der Waals surface area (Å²) in [7, 11) is 0. The number of rotatable bonds is 6. The second-order valence-electron chi connectivity index (χ2n) is 9.42. The van der Waals surface area contributed by atoms with Gasteiger partial charge in [0.15, 0.2) is 0 Å². The third-order valence-electron chi connectivity index (χ3n) is 7.37. The van der Waals surface area contributed by atoms with Crippen LogP contribution in [0.2, 0.25) is 5.02 Å². The summed E-state index contributed by atoms with van der Waals surface area (Å²) in [5.41, 5.74) is 3.30. The summed E-state index contributed by atoms with van der Waals surface area (Å²) in [6.45, 7) is 4.15. The van der Waals surface area contributed by atoms with Gasteiger partial charge in [0.1, 0.15) is 17.0 Å². The Balaban J connectivity index is 1.29. The third kappa shape index (κ3) is 4.44. The van der Waals surface area contributed by atoms with Gasteiger partial charge in [-0.05, 0) is 70.2 Å². The molecule has 1 aliphatic heterocycles. The van der Waals surface area contributed by atoms with Crippen molar-refractivity contribution in [3.05, 3.63) is 76.5 Å². The standard InChI is InChI=1S/C27H30ClN3O2/c1-19-24(25(30-33-19)22-10-5-6-11-23(22)28)26(32)29-21-12-14-27(15-13-21,31-16-7-17-31)18-20-8-3-2-4-9-20/h2-6,8-11,21H,7,12-18H2,1H3,(H,29,32). The molecule has 6 heteroatoms. The Morgan fingerprint density at radius 1 is 1.12 bits per heavy atom. The number of benzene rings is 2. The van der Waals surface area contributed by atoms with Gasteiger partial charge in [0.2, 0.25) is 0 Å². The molecular formula is C27H30ClN3O2. The van der Waals surface area contributed by atoms with E-state index < -0.39 is 0 Å². The van der Waals surface area contributed by atoms with Gasteiger partial charge in [-0.15, -0.1) is 0 Å². The molecule has 5 nitrogen and oxygen atoms in total. The quantitative estimate of drug-likeness (QED) is 0.512. The first-order chi connectivity index (χ1) is 16.1. The third-order valence-corrected chi connectivity index (χ3v) is 7.70. The highest BCUT2D eigenvalue weighted by molar-refractivity contribution is 6.33. The SMILES string of the molecule is Cc1onc(-c2ccccc2Cl)c1C(=O)NC1CCC(Cc2ccccc2)(N2CCC2)CC1. The first-order valence-corrected chi connectivity index (χ1v) is 12.2. The number of amides is 1. The number of halogens is 1. The van der Waals surface area contributed by atoms with Crippen molar-refractivity contribution in [1.82, 2.24) is 15.4 Å². The van der Waals surface area contributed by atoms with Crippen LogP contribution in [0.15, 0.2) is 59.1 Å². The number of aromatic nitrogens is 1. The van der Waals surface area contributed by atoms with Gasteiger partial charge >= 0.3 is 0 Å². The molecule has 0 bridgehead atoms. The fourth-order valence-electron chi connectivity index (χ4n) is 5.40. The van der Waals surface area contributed by atoms with Gasteiger partial charge in [0, 0.05) is 17.1 Å². The van der Waals surface area contributed by atoms with Gasteiger partial charge in [-0.25, -0.2) is 0 Å². The Hall–Kier alpha value is -2.63. The number of carbonyl (C=O) groups excluding carboxylic acids is 1. The van der Waals surface area contributed by atoms with Gasteiger partial charge in [0.25, 0.3) is 5.91 Å². The van der Waals surface area contributed by atoms with E-state index in [1.54, 1.807) is 13.0 Å². The first kappa shape index (κ1) is 22.2. The summed E-state index contributed by atoms with van der Waals surface area (Å²) in [5.74, 6) is 0.380. The molecule has 1 saturated heterocycles. The molecule has 1 aliphatic carbocycles. The van der Waals surface area contributed by atoms with E-state index >= 15 is 0 Å². The summed E-state index contributed by atoms with van der Waals surface area (Å²) < 4.78 is 5.39. The number of hydrogen-bond acceptors (Lipinski definition) is 4. The maximum absolute atomic E-state index is 13.3. The number of carbonyl (C=O) groups is 1. The van der Waals surface area contributed by atoms with Crippen LogP contribution in [0.5, 0.6) is 0 Å². The number of nitrogens with zero attached hydrogens (tertiary/aromatic N) is 2. The number of likely N-dealkylation sites (tertiary alicyclic amines) is 1. The molecule has 2 aliphatic rings. The number of nitrogens with one attached hydrogen (secondary N) is 1. The van der Waals surface area contributed by atoms with Crippen LogP contribution in [-0.2, 0) is 6.42 Å². The normalized spacial score (nSPS) is 23.2. The zero-order valence-corrected chi connectivity index (χ0v) is 19.8. The molecular weight excluding hydrogens is 434 g/mol. The van der Waals surface area contributed by atoms with Crippen LogP contribution in [0.3, 0.4) is 0 Å². The minimum absolute atomic E-state index is 0.131. The minimum atomic E-state index is -0.131. The molecule has 1 saturated carbocycles. The predicted molar refractivity (Wildman–Crippen MR) is 130 cm³/mol. The highest BCUT2D eigenvalue weighted by Crippen LogP contribution is 2.39. The van der Waals surface area contributed by atoms with E-state index in [-0.39, 0.29) is 17.5 Å². The molecule has 2 fully saturated rings. The molecule has 0 atom stereocenters. The van der Waals surface area contributed by atoms with Crippen molar-refractivity contribution < 1.29 is 9.32 Å². The molecule has 1 N–H and O–H groups in total. The van der Waals surface area contributed by atoms with E-state index in [4.69, 9.17) is 16.1 Å². The van der Waals surface area contributed by atoms with Gasteiger partial charge in [-0.3, -0.25) is 9.69 Å². The Morgan fingerprint density at radius 3 is 2.48 bits per heavy atom. The zero-order chi connectivity index (χ0) is 22.8. The highest BCUT2D eigenvalue weighted by atomic mass is 35.5. The molecule has 2 aromatic carbocycles. The van der Waals surface area contributed by atoms with Crippen molar-refractivity contribution in [1.29, 1.82) is 0 Å². The van der Waals surface area contributed by atoms with Gasteiger partial charge in [-0.1, -0.05) is 65.3 Å². The summed E-state index contributed by atoms with van der Waals surface area (Å²) in [6, 6.07) is 18.4. The lowest BCUT2D eigenvalue weighted by Crippen LogP contribution is -2.59. The van der Waals surface area contributed by atoms with Gasteiger partial charge in [-0.2, -0.15) is 0 Å². The predicted octanol–water partition coefficient (Wildman–Crippen LogP) is 5.66. The summed E-state index contributed by atoms with van der Waals surface area (Å²) >= 11 is 6.37. The van der Waals surface area contributed by atoms with E-state index in [1.165, 1.54) is 25.1 Å². The Morgan fingerprint density at radius 2 is 1.82 bits per heavy atom. The fourth-order valence-corrected chi connectivity index (χ4v) is 5.63. The molecule has 5 rings (SSSR count). The highest BCUT2D eigenvalue weighted by Gasteiger charge is 2.42. The zero-order valence-electron chi connectivity index (χ0n) is 19.0. The van der Waals surface area contributed by atoms with Crippen molar-refractivity contribution in [3.63, 3.8) is 0 Å².